The summed E-state index contributed by atoms with van der Waals surface area (Å²) < 4.78 is 0. The molecular formula is C19H22N2O3. The van der Waals surface area contributed by atoms with Gasteiger partial charge in [0, 0.05) is 19.2 Å². The first kappa shape index (κ1) is 17.7. The third-order valence-corrected chi connectivity index (χ3v) is 3.69. The Labute approximate surface area is 141 Å². The van der Waals surface area contributed by atoms with Crippen molar-refractivity contribution in [2.24, 2.45) is 0 Å². The normalized spacial score (nSPS) is 10.2. The summed E-state index contributed by atoms with van der Waals surface area (Å²) in [5.74, 6) is -0.362. The molecule has 2 amide bonds. The van der Waals surface area contributed by atoms with Gasteiger partial charge < -0.3 is 15.3 Å². The van der Waals surface area contributed by atoms with Crippen molar-refractivity contribution in [2.75, 3.05) is 20.1 Å². The molecule has 0 atom stereocenters. The molecule has 0 saturated heterocycles. The van der Waals surface area contributed by atoms with Gasteiger partial charge in [-0.05, 0) is 29.7 Å². The van der Waals surface area contributed by atoms with Crippen molar-refractivity contribution in [3.63, 3.8) is 0 Å². The molecule has 0 aliphatic carbocycles. The summed E-state index contributed by atoms with van der Waals surface area (Å²) >= 11 is 0. The lowest BCUT2D eigenvalue weighted by molar-refractivity contribution is -0.121. The van der Waals surface area contributed by atoms with Gasteiger partial charge in [-0.15, -0.1) is 0 Å². The molecule has 0 aromatic heterocycles. The molecular weight excluding hydrogens is 304 g/mol. The summed E-state index contributed by atoms with van der Waals surface area (Å²) in [5.41, 5.74) is 2.52. The lowest BCUT2D eigenvalue weighted by Crippen LogP contribution is -2.39. The van der Waals surface area contributed by atoms with Crippen molar-refractivity contribution in [1.29, 1.82) is 0 Å². The van der Waals surface area contributed by atoms with Crippen LogP contribution in [0.15, 0.2) is 54.6 Å². The number of nitrogens with one attached hydrogen (secondary N) is 1. The van der Waals surface area contributed by atoms with Gasteiger partial charge in [-0.3, -0.25) is 9.59 Å². The third kappa shape index (κ3) is 5.21. The van der Waals surface area contributed by atoms with Crippen LogP contribution >= 0.6 is 0 Å². The number of aliphatic hydroxyl groups excluding tert-OH is 1. The molecule has 0 heterocycles. The molecule has 0 spiro atoms. The van der Waals surface area contributed by atoms with Crippen LogP contribution in [0.25, 0.3) is 0 Å². The van der Waals surface area contributed by atoms with Gasteiger partial charge in [0.1, 0.15) is 0 Å². The van der Waals surface area contributed by atoms with Crippen molar-refractivity contribution in [2.45, 2.75) is 13.0 Å². The molecule has 0 saturated carbocycles. The Morgan fingerprint density at radius 2 is 1.62 bits per heavy atom. The fourth-order valence-electron chi connectivity index (χ4n) is 2.30. The van der Waals surface area contributed by atoms with Gasteiger partial charge in [-0.25, -0.2) is 0 Å². The molecule has 2 aromatic rings. The first-order chi connectivity index (χ1) is 11.6. The van der Waals surface area contributed by atoms with Crippen LogP contribution in [0.3, 0.4) is 0 Å². The fraction of sp³-hybridized carbons (Fsp3) is 0.263. The summed E-state index contributed by atoms with van der Waals surface area (Å²) in [5, 5.41) is 11.8. The zero-order chi connectivity index (χ0) is 17.4. The average molecular weight is 326 g/mol. The van der Waals surface area contributed by atoms with E-state index in [2.05, 4.69) is 5.32 Å². The Morgan fingerprint density at radius 1 is 1.00 bits per heavy atom. The number of benzene rings is 2. The minimum absolute atomic E-state index is 0.0250. The number of carbonyl (C=O) groups is 2. The minimum atomic E-state index is -0.186. The highest BCUT2D eigenvalue weighted by atomic mass is 16.3. The molecule has 126 valence electrons. The van der Waals surface area contributed by atoms with Gasteiger partial charge in [0.2, 0.25) is 5.91 Å². The van der Waals surface area contributed by atoms with Gasteiger partial charge in [0.05, 0.1) is 13.2 Å². The van der Waals surface area contributed by atoms with Crippen LogP contribution in [0.1, 0.15) is 21.5 Å². The Morgan fingerprint density at radius 3 is 2.25 bits per heavy atom. The van der Waals surface area contributed by atoms with Crippen molar-refractivity contribution >= 4 is 11.8 Å². The Hall–Kier alpha value is -2.66. The number of nitrogens with zero attached hydrogens (tertiary/aromatic N) is 1. The molecule has 2 N–H and O–H groups in total. The molecule has 0 aliphatic heterocycles. The maximum Gasteiger partial charge on any atom is 0.254 e. The summed E-state index contributed by atoms with van der Waals surface area (Å²) in [7, 11) is 1.61. The predicted octanol–water partition coefficient (Wildman–Crippen LogP) is 1.61. The topological polar surface area (TPSA) is 69.6 Å². The van der Waals surface area contributed by atoms with Gasteiger partial charge in [-0.1, -0.05) is 42.5 Å². The van der Waals surface area contributed by atoms with E-state index in [1.807, 2.05) is 30.3 Å². The molecule has 0 fully saturated rings. The largest absolute Gasteiger partial charge is 0.392 e. The summed E-state index contributed by atoms with van der Waals surface area (Å²) in [6.07, 6.45) is 0.702. The quantitative estimate of drug-likeness (QED) is 0.812. The van der Waals surface area contributed by atoms with Gasteiger partial charge in [0.25, 0.3) is 5.91 Å². The Bertz CT molecular complexity index is 669. The molecule has 5 heteroatoms. The van der Waals surface area contributed by atoms with Crippen LogP contribution in [0.2, 0.25) is 0 Å². The van der Waals surface area contributed by atoms with E-state index in [0.717, 1.165) is 11.1 Å². The lowest BCUT2D eigenvalue weighted by atomic mass is 10.1. The standard InChI is InChI=1S/C19H22N2O3/c1-21(19(24)17-5-3-2-4-6-17)13-18(23)20-12-11-15-7-9-16(14-22)10-8-15/h2-10,22H,11-14H2,1H3,(H,20,23). The number of carbonyl (C=O) groups excluding carboxylic acids is 2. The maximum atomic E-state index is 12.2. The highest BCUT2D eigenvalue weighted by molar-refractivity contribution is 5.96. The highest BCUT2D eigenvalue weighted by Crippen LogP contribution is 2.05. The fourth-order valence-corrected chi connectivity index (χ4v) is 2.30. The Balaban J connectivity index is 1.75. The number of rotatable bonds is 7. The van der Waals surface area contributed by atoms with Gasteiger partial charge >= 0.3 is 0 Å². The lowest BCUT2D eigenvalue weighted by Gasteiger charge is -2.16. The van der Waals surface area contributed by atoms with E-state index in [9.17, 15) is 9.59 Å². The zero-order valence-corrected chi connectivity index (χ0v) is 13.7. The minimum Gasteiger partial charge on any atom is -0.392 e. The SMILES string of the molecule is CN(CC(=O)NCCc1ccc(CO)cc1)C(=O)c1ccccc1. The van der Waals surface area contributed by atoms with Crippen molar-refractivity contribution < 1.29 is 14.7 Å². The predicted molar refractivity (Wildman–Crippen MR) is 92.5 cm³/mol. The second kappa shape index (κ2) is 8.84. The summed E-state index contributed by atoms with van der Waals surface area (Å²) in [6, 6.07) is 16.5. The maximum absolute atomic E-state index is 12.2. The number of aliphatic hydroxyl groups is 1. The molecule has 2 rings (SSSR count). The van der Waals surface area contributed by atoms with Crippen LogP contribution in [0, 0.1) is 0 Å². The van der Waals surface area contributed by atoms with Crippen LogP contribution in [-0.4, -0.2) is 42.0 Å². The molecule has 24 heavy (non-hydrogen) atoms. The summed E-state index contributed by atoms with van der Waals surface area (Å²) in [4.78, 5) is 25.5. The van der Waals surface area contributed by atoms with Gasteiger partial charge in [0.15, 0.2) is 0 Å². The van der Waals surface area contributed by atoms with E-state index < -0.39 is 0 Å². The monoisotopic (exact) mass is 326 g/mol. The van der Waals surface area contributed by atoms with E-state index in [0.29, 0.717) is 18.5 Å². The second-order valence-electron chi connectivity index (χ2n) is 5.60. The van der Waals surface area contributed by atoms with Crippen LogP contribution in [-0.2, 0) is 17.8 Å². The zero-order valence-electron chi connectivity index (χ0n) is 13.7. The van der Waals surface area contributed by atoms with E-state index in [4.69, 9.17) is 5.11 Å². The van der Waals surface area contributed by atoms with Gasteiger partial charge in [-0.2, -0.15) is 0 Å². The third-order valence-electron chi connectivity index (χ3n) is 3.69. The van der Waals surface area contributed by atoms with Crippen molar-refractivity contribution in [3.8, 4) is 0 Å². The average Bonchev–Trinajstić information content (AvgIpc) is 2.62. The number of amides is 2. The van der Waals surface area contributed by atoms with E-state index >= 15 is 0 Å². The van der Waals surface area contributed by atoms with E-state index in [-0.39, 0.29) is 25.0 Å². The first-order valence-corrected chi connectivity index (χ1v) is 7.86. The first-order valence-electron chi connectivity index (χ1n) is 7.86. The Kier molecular flexibility index (Phi) is 6.51. The second-order valence-corrected chi connectivity index (χ2v) is 5.60. The number of hydrogen-bond donors (Lipinski definition) is 2. The van der Waals surface area contributed by atoms with Crippen molar-refractivity contribution in [3.05, 3.63) is 71.3 Å². The number of likely N-dealkylation sites (N-methyl/N-ethyl adjacent to an activating group) is 1. The van der Waals surface area contributed by atoms with Crippen molar-refractivity contribution in [1.82, 2.24) is 10.2 Å². The molecule has 0 aliphatic rings. The van der Waals surface area contributed by atoms with E-state index in [1.54, 1.807) is 31.3 Å². The molecule has 0 radical (unpaired) electrons. The van der Waals surface area contributed by atoms with Crippen LogP contribution < -0.4 is 5.32 Å². The van der Waals surface area contributed by atoms with Crippen LogP contribution in [0.5, 0.6) is 0 Å². The molecule has 0 bridgehead atoms. The number of hydrogen-bond acceptors (Lipinski definition) is 3. The molecule has 5 nitrogen and oxygen atoms in total. The molecule has 0 unspecified atom stereocenters. The van der Waals surface area contributed by atoms with Crippen LogP contribution in [0.4, 0.5) is 0 Å². The van der Waals surface area contributed by atoms with E-state index in [1.165, 1.54) is 4.90 Å². The smallest absolute Gasteiger partial charge is 0.254 e. The highest BCUT2D eigenvalue weighted by Gasteiger charge is 2.14. The summed E-state index contributed by atoms with van der Waals surface area (Å²) in [6.45, 7) is 0.556. The molecule has 2 aromatic carbocycles.